The molecule has 0 aliphatic carbocycles. The van der Waals surface area contributed by atoms with E-state index in [0.29, 0.717) is 0 Å². The smallest absolute Gasteiger partial charge is 0.338 e. The van der Waals surface area contributed by atoms with Crippen LogP contribution in [0.5, 0.6) is 0 Å². The fourth-order valence-corrected chi connectivity index (χ4v) is 1.92. The number of Topliss-reactive ketones (excluding diaryl/α,β-unsaturated/α-hetero) is 2. The minimum atomic E-state index is -0.838. The van der Waals surface area contributed by atoms with Gasteiger partial charge in [-0.2, -0.15) is 0 Å². The molecule has 0 spiro atoms. The molecule has 0 N–H and O–H groups in total. The molecule has 0 atom stereocenters. The van der Waals surface area contributed by atoms with E-state index in [-0.39, 0.29) is 23.3 Å². The van der Waals surface area contributed by atoms with Crippen molar-refractivity contribution < 1.29 is 23.5 Å². The molecule has 0 aliphatic rings. The molecule has 0 heterocycles. The second-order valence-electron chi connectivity index (χ2n) is 4.43. The van der Waals surface area contributed by atoms with E-state index in [9.17, 15) is 18.8 Å². The highest BCUT2D eigenvalue weighted by Crippen LogP contribution is 2.15. The molecular weight excluding hydrogens is 287 g/mol. The minimum Gasteiger partial charge on any atom is -0.462 e. The standard InChI is InChI=1S/C17H13FO4/c1-2-22-17(21)14-6-4-3-5-13(14)16(20)15(19)11-7-9-12(18)10-8-11/h3-10H,2H2,1H3. The lowest BCUT2D eigenvalue weighted by atomic mass is 9.97. The maximum absolute atomic E-state index is 12.9. The summed E-state index contributed by atoms with van der Waals surface area (Å²) in [6.07, 6.45) is 0. The van der Waals surface area contributed by atoms with Crippen LogP contribution in [0.25, 0.3) is 0 Å². The Bertz CT molecular complexity index is 720. The first-order valence-corrected chi connectivity index (χ1v) is 6.65. The van der Waals surface area contributed by atoms with Gasteiger partial charge in [-0.1, -0.05) is 18.2 Å². The maximum Gasteiger partial charge on any atom is 0.338 e. The van der Waals surface area contributed by atoms with Crippen LogP contribution in [0.4, 0.5) is 4.39 Å². The average molecular weight is 300 g/mol. The zero-order valence-corrected chi connectivity index (χ0v) is 11.8. The Balaban J connectivity index is 2.35. The summed E-state index contributed by atoms with van der Waals surface area (Å²) in [6, 6.07) is 10.6. The van der Waals surface area contributed by atoms with E-state index in [2.05, 4.69) is 0 Å². The summed E-state index contributed by atoms with van der Waals surface area (Å²) in [6.45, 7) is 1.80. The molecule has 0 radical (unpaired) electrons. The number of benzene rings is 2. The Kier molecular flexibility index (Phi) is 4.78. The molecule has 22 heavy (non-hydrogen) atoms. The third kappa shape index (κ3) is 3.25. The highest BCUT2D eigenvalue weighted by Gasteiger charge is 2.24. The van der Waals surface area contributed by atoms with E-state index >= 15 is 0 Å². The lowest BCUT2D eigenvalue weighted by Crippen LogP contribution is -2.19. The third-order valence-corrected chi connectivity index (χ3v) is 2.98. The van der Waals surface area contributed by atoms with Gasteiger partial charge in [-0.3, -0.25) is 9.59 Å². The van der Waals surface area contributed by atoms with Crippen molar-refractivity contribution >= 4 is 17.5 Å². The molecule has 0 fully saturated rings. The van der Waals surface area contributed by atoms with Gasteiger partial charge in [-0.25, -0.2) is 9.18 Å². The van der Waals surface area contributed by atoms with Gasteiger partial charge >= 0.3 is 5.97 Å². The van der Waals surface area contributed by atoms with Crippen molar-refractivity contribution in [3.8, 4) is 0 Å². The van der Waals surface area contributed by atoms with Gasteiger partial charge < -0.3 is 4.74 Å². The van der Waals surface area contributed by atoms with Crippen molar-refractivity contribution in [1.82, 2.24) is 0 Å². The zero-order chi connectivity index (χ0) is 16.1. The van der Waals surface area contributed by atoms with Crippen LogP contribution >= 0.6 is 0 Å². The van der Waals surface area contributed by atoms with Crippen molar-refractivity contribution in [3.05, 3.63) is 71.0 Å². The fourth-order valence-electron chi connectivity index (χ4n) is 1.92. The van der Waals surface area contributed by atoms with Gasteiger partial charge in [-0.05, 0) is 37.3 Å². The number of ether oxygens (including phenoxy) is 1. The predicted molar refractivity (Wildman–Crippen MR) is 77.5 cm³/mol. The highest BCUT2D eigenvalue weighted by molar-refractivity contribution is 6.50. The SMILES string of the molecule is CCOC(=O)c1ccccc1C(=O)C(=O)c1ccc(F)cc1. The first-order valence-electron chi connectivity index (χ1n) is 6.65. The third-order valence-electron chi connectivity index (χ3n) is 2.98. The Labute approximate surface area is 126 Å². The van der Waals surface area contributed by atoms with Gasteiger partial charge in [0.05, 0.1) is 12.2 Å². The molecule has 0 saturated heterocycles. The summed E-state index contributed by atoms with van der Waals surface area (Å²) < 4.78 is 17.7. The molecule has 5 heteroatoms. The van der Waals surface area contributed by atoms with Crippen LogP contribution in [0, 0.1) is 5.82 Å². The molecule has 112 valence electrons. The van der Waals surface area contributed by atoms with E-state index in [4.69, 9.17) is 4.74 Å². The van der Waals surface area contributed by atoms with Crippen LogP contribution in [0.15, 0.2) is 48.5 Å². The summed E-state index contributed by atoms with van der Waals surface area (Å²) in [5, 5.41) is 0. The number of rotatable bonds is 5. The minimum absolute atomic E-state index is 0.0322. The number of ketones is 2. The first kappa shape index (κ1) is 15.6. The molecule has 2 rings (SSSR count). The molecule has 0 aromatic heterocycles. The van der Waals surface area contributed by atoms with Crippen LogP contribution in [-0.4, -0.2) is 24.1 Å². The van der Waals surface area contributed by atoms with Crippen LogP contribution in [0.2, 0.25) is 0 Å². The lowest BCUT2D eigenvalue weighted by molar-refractivity contribution is 0.0523. The lowest BCUT2D eigenvalue weighted by Gasteiger charge is -2.07. The number of hydrogen-bond acceptors (Lipinski definition) is 4. The maximum atomic E-state index is 12.9. The second-order valence-corrected chi connectivity index (χ2v) is 4.43. The predicted octanol–water partition coefficient (Wildman–Crippen LogP) is 3.07. The normalized spacial score (nSPS) is 10.1. The second kappa shape index (κ2) is 6.76. The van der Waals surface area contributed by atoms with Crippen molar-refractivity contribution in [3.63, 3.8) is 0 Å². The van der Waals surface area contributed by atoms with Crippen LogP contribution in [-0.2, 0) is 4.74 Å². The van der Waals surface area contributed by atoms with Gasteiger partial charge in [0.25, 0.3) is 0 Å². The van der Waals surface area contributed by atoms with Crippen molar-refractivity contribution in [1.29, 1.82) is 0 Å². The van der Waals surface area contributed by atoms with Crippen LogP contribution in [0.1, 0.15) is 38.0 Å². The van der Waals surface area contributed by atoms with Gasteiger partial charge in [0, 0.05) is 11.1 Å². The Morgan fingerprint density at radius 2 is 1.50 bits per heavy atom. The monoisotopic (exact) mass is 300 g/mol. The number of carbonyl (C=O) groups excluding carboxylic acids is 3. The summed E-state index contributed by atoms with van der Waals surface area (Å²) in [4.78, 5) is 36.3. The topological polar surface area (TPSA) is 60.4 Å². The van der Waals surface area contributed by atoms with Gasteiger partial charge in [0.15, 0.2) is 0 Å². The molecule has 0 unspecified atom stereocenters. The molecule has 4 nitrogen and oxygen atoms in total. The van der Waals surface area contributed by atoms with E-state index in [1.807, 2.05) is 0 Å². The van der Waals surface area contributed by atoms with Gasteiger partial charge in [-0.15, -0.1) is 0 Å². The van der Waals surface area contributed by atoms with Crippen molar-refractivity contribution in [2.24, 2.45) is 0 Å². The Hall–Kier alpha value is -2.82. The number of esters is 1. The Morgan fingerprint density at radius 1 is 0.909 bits per heavy atom. The fraction of sp³-hybridized carbons (Fsp3) is 0.118. The molecule has 0 amide bonds. The molecule has 2 aromatic carbocycles. The largest absolute Gasteiger partial charge is 0.462 e. The summed E-state index contributed by atoms with van der Waals surface area (Å²) >= 11 is 0. The van der Waals surface area contributed by atoms with Gasteiger partial charge in [0.1, 0.15) is 5.82 Å². The summed E-state index contributed by atoms with van der Waals surface area (Å²) in [7, 11) is 0. The van der Waals surface area contributed by atoms with Crippen molar-refractivity contribution in [2.45, 2.75) is 6.92 Å². The van der Waals surface area contributed by atoms with E-state index in [1.54, 1.807) is 19.1 Å². The molecule has 0 bridgehead atoms. The van der Waals surface area contributed by atoms with E-state index in [0.717, 1.165) is 12.1 Å². The average Bonchev–Trinajstić information content (AvgIpc) is 2.54. The molecule has 0 saturated carbocycles. The first-order chi connectivity index (χ1) is 10.5. The Morgan fingerprint density at radius 3 is 2.09 bits per heavy atom. The highest BCUT2D eigenvalue weighted by atomic mass is 19.1. The van der Waals surface area contributed by atoms with E-state index < -0.39 is 23.4 Å². The van der Waals surface area contributed by atoms with Crippen molar-refractivity contribution in [2.75, 3.05) is 6.61 Å². The number of carbonyl (C=O) groups is 3. The van der Waals surface area contributed by atoms with Crippen LogP contribution < -0.4 is 0 Å². The van der Waals surface area contributed by atoms with Gasteiger partial charge in [0.2, 0.25) is 11.6 Å². The van der Waals surface area contributed by atoms with Crippen LogP contribution in [0.3, 0.4) is 0 Å². The molecule has 0 aliphatic heterocycles. The summed E-state index contributed by atoms with van der Waals surface area (Å²) in [5.74, 6) is -2.82. The summed E-state index contributed by atoms with van der Waals surface area (Å²) in [5.41, 5.74) is 0.0603. The number of halogens is 1. The quantitative estimate of drug-likeness (QED) is 0.484. The van der Waals surface area contributed by atoms with E-state index in [1.165, 1.54) is 24.3 Å². The molecule has 2 aromatic rings. The molecular formula is C17H13FO4. The zero-order valence-electron chi connectivity index (χ0n) is 11.8. The number of hydrogen-bond donors (Lipinski definition) is 0.